The Bertz CT molecular complexity index is 320. The number of hydrogen-bond acceptors (Lipinski definition) is 3. The summed E-state index contributed by atoms with van der Waals surface area (Å²) >= 11 is 0. The van der Waals surface area contributed by atoms with Crippen molar-refractivity contribution in [3.63, 3.8) is 0 Å². The number of aldehydes is 1. The van der Waals surface area contributed by atoms with E-state index in [4.69, 9.17) is 5.90 Å². The van der Waals surface area contributed by atoms with Crippen LogP contribution in [0, 0.1) is 0 Å². The van der Waals surface area contributed by atoms with Crippen LogP contribution in [0.3, 0.4) is 0 Å². The van der Waals surface area contributed by atoms with Crippen LogP contribution < -0.4 is 5.90 Å². The molecule has 0 bridgehead atoms. The summed E-state index contributed by atoms with van der Waals surface area (Å²) in [6, 6.07) is 7.35. The van der Waals surface area contributed by atoms with Gasteiger partial charge >= 0.3 is 0 Å². The van der Waals surface area contributed by atoms with Crippen LogP contribution in [0.5, 0.6) is 0 Å². The smallest absolute Gasteiger partial charge is 0.150 e. The summed E-state index contributed by atoms with van der Waals surface area (Å²) in [5.41, 5.74) is 2.08. The molecular formula is C10H11NO2. The van der Waals surface area contributed by atoms with E-state index in [9.17, 15) is 4.79 Å². The monoisotopic (exact) mass is 177 g/mol. The van der Waals surface area contributed by atoms with Crippen LogP contribution >= 0.6 is 0 Å². The van der Waals surface area contributed by atoms with E-state index in [1.165, 1.54) is 0 Å². The topological polar surface area (TPSA) is 52.3 Å². The van der Waals surface area contributed by atoms with Crippen molar-refractivity contribution in [3.05, 3.63) is 42.0 Å². The second kappa shape index (κ2) is 4.54. The Morgan fingerprint density at radius 2 is 2.23 bits per heavy atom. The molecule has 1 aromatic rings. The normalized spacial score (nSPS) is 9.62. The first-order chi connectivity index (χ1) is 6.29. The Hall–Kier alpha value is -1.45. The molecule has 0 amide bonds. The fourth-order valence-corrected chi connectivity index (χ4v) is 1.11. The molecule has 13 heavy (non-hydrogen) atoms. The predicted octanol–water partition coefficient (Wildman–Crippen LogP) is 1.29. The highest BCUT2D eigenvalue weighted by Gasteiger charge is 2.03. The van der Waals surface area contributed by atoms with Crippen molar-refractivity contribution < 1.29 is 9.63 Å². The lowest BCUT2D eigenvalue weighted by Crippen LogP contribution is -2.01. The molecule has 0 saturated heterocycles. The molecule has 0 aliphatic heterocycles. The van der Waals surface area contributed by atoms with Gasteiger partial charge in [-0.05, 0) is 11.1 Å². The Morgan fingerprint density at radius 3 is 2.85 bits per heavy atom. The number of carbonyl (C=O) groups excluding carboxylic acids is 1. The molecule has 0 aromatic heterocycles. The zero-order valence-corrected chi connectivity index (χ0v) is 7.19. The summed E-state index contributed by atoms with van der Waals surface area (Å²) in [4.78, 5) is 15.0. The van der Waals surface area contributed by atoms with E-state index in [1.54, 1.807) is 0 Å². The maximum Gasteiger partial charge on any atom is 0.150 e. The number of hydrogen-bond donors (Lipinski definition) is 1. The van der Waals surface area contributed by atoms with Gasteiger partial charge in [-0.3, -0.25) is 9.63 Å². The number of nitrogens with two attached hydrogens (primary N) is 1. The van der Waals surface area contributed by atoms with Crippen molar-refractivity contribution in [2.75, 3.05) is 0 Å². The fourth-order valence-electron chi connectivity index (χ4n) is 1.11. The maximum absolute atomic E-state index is 10.5. The highest BCUT2D eigenvalue weighted by Crippen LogP contribution is 2.16. The van der Waals surface area contributed by atoms with Gasteiger partial charge in [-0.15, -0.1) is 0 Å². The second-order valence-corrected chi connectivity index (χ2v) is 2.61. The summed E-state index contributed by atoms with van der Waals surface area (Å²) in [6.45, 7) is 3.90. The average Bonchev–Trinajstić information content (AvgIpc) is 2.18. The van der Waals surface area contributed by atoms with Crippen LogP contribution in [0.25, 0.3) is 5.57 Å². The molecule has 3 nitrogen and oxygen atoms in total. The lowest BCUT2D eigenvalue weighted by Gasteiger charge is -2.05. The molecule has 2 N–H and O–H groups in total. The zero-order chi connectivity index (χ0) is 9.68. The minimum Gasteiger partial charge on any atom is -0.300 e. The number of rotatable bonds is 4. The van der Waals surface area contributed by atoms with Crippen molar-refractivity contribution in [2.45, 2.75) is 6.61 Å². The summed E-state index contributed by atoms with van der Waals surface area (Å²) in [7, 11) is 0. The van der Waals surface area contributed by atoms with Gasteiger partial charge in [0.2, 0.25) is 0 Å². The molecule has 68 valence electrons. The minimum atomic E-state index is 0.281. The third kappa shape index (κ3) is 2.24. The Balaban J connectivity index is 3.03. The Morgan fingerprint density at radius 1 is 1.54 bits per heavy atom. The van der Waals surface area contributed by atoms with Crippen LogP contribution in [0.4, 0.5) is 0 Å². The summed E-state index contributed by atoms with van der Waals surface area (Å²) < 4.78 is 0. The molecule has 0 aliphatic rings. The van der Waals surface area contributed by atoms with Crippen molar-refractivity contribution in [3.8, 4) is 0 Å². The number of benzene rings is 1. The van der Waals surface area contributed by atoms with E-state index in [0.717, 1.165) is 17.4 Å². The Kier molecular flexibility index (Phi) is 3.37. The highest BCUT2D eigenvalue weighted by molar-refractivity contribution is 6.06. The van der Waals surface area contributed by atoms with Gasteiger partial charge in [-0.25, -0.2) is 5.90 Å². The predicted molar refractivity (Wildman–Crippen MR) is 50.5 cm³/mol. The molecule has 0 fully saturated rings. The van der Waals surface area contributed by atoms with Gasteiger partial charge in [0.1, 0.15) is 6.29 Å². The molecule has 0 saturated carbocycles. The number of carbonyl (C=O) groups is 1. The lowest BCUT2D eigenvalue weighted by atomic mass is 10.0. The third-order valence-electron chi connectivity index (χ3n) is 1.74. The van der Waals surface area contributed by atoms with Gasteiger partial charge in [-0.1, -0.05) is 30.8 Å². The molecule has 0 aliphatic carbocycles. The summed E-state index contributed by atoms with van der Waals surface area (Å²) in [5.74, 6) is 4.95. The standard InChI is InChI=1S/C10H11NO2/c1-8(6-12)10-5-3-2-4-9(10)7-13-11/h2-6H,1,7,11H2. The molecule has 1 aromatic carbocycles. The van der Waals surface area contributed by atoms with E-state index in [0.29, 0.717) is 5.57 Å². The quantitative estimate of drug-likeness (QED) is 0.428. The SMILES string of the molecule is C=C(C=O)c1ccccc1CON. The lowest BCUT2D eigenvalue weighted by molar-refractivity contribution is -0.103. The number of allylic oxidation sites excluding steroid dienone is 1. The van der Waals surface area contributed by atoms with Crippen LogP contribution in [0.15, 0.2) is 30.8 Å². The molecule has 0 heterocycles. The molecule has 0 unspecified atom stereocenters. The zero-order valence-electron chi connectivity index (χ0n) is 7.19. The van der Waals surface area contributed by atoms with Gasteiger partial charge in [0, 0.05) is 5.57 Å². The van der Waals surface area contributed by atoms with Gasteiger partial charge in [0.05, 0.1) is 6.61 Å². The average molecular weight is 177 g/mol. The van der Waals surface area contributed by atoms with Gasteiger partial charge < -0.3 is 0 Å². The molecule has 0 radical (unpaired) electrons. The van der Waals surface area contributed by atoms with Crippen molar-refractivity contribution in [2.24, 2.45) is 5.90 Å². The Labute approximate surface area is 76.8 Å². The first-order valence-corrected chi connectivity index (χ1v) is 3.83. The fraction of sp³-hybridized carbons (Fsp3) is 0.100. The second-order valence-electron chi connectivity index (χ2n) is 2.61. The van der Waals surface area contributed by atoms with E-state index in [1.807, 2.05) is 24.3 Å². The van der Waals surface area contributed by atoms with E-state index in [-0.39, 0.29) is 6.61 Å². The van der Waals surface area contributed by atoms with Crippen molar-refractivity contribution in [1.82, 2.24) is 0 Å². The van der Waals surface area contributed by atoms with Crippen molar-refractivity contribution in [1.29, 1.82) is 0 Å². The third-order valence-corrected chi connectivity index (χ3v) is 1.74. The van der Waals surface area contributed by atoms with Gasteiger partial charge in [0.15, 0.2) is 0 Å². The van der Waals surface area contributed by atoms with Crippen LogP contribution in [-0.4, -0.2) is 6.29 Å². The molecule has 0 atom stereocenters. The summed E-state index contributed by atoms with van der Waals surface area (Å²) in [5, 5.41) is 0. The van der Waals surface area contributed by atoms with Crippen LogP contribution in [0.2, 0.25) is 0 Å². The maximum atomic E-state index is 10.5. The first kappa shape index (κ1) is 9.64. The molecule has 1 rings (SSSR count). The van der Waals surface area contributed by atoms with Gasteiger partial charge in [0.25, 0.3) is 0 Å². The van der Waals surface area contributed by atoms with Crippen LogP contribution in [-0.2, 0) is 16.2 Å². The minimum absolute atomic E-state index is 0.281. The van der Waals surface area contributed by atoms with Gasteiger partial charge in [-0.2, -0.15) is 0 Å². The van der Waals surface area contributed by atoms with Crippen molar-refractivity contribution >= 4 is 11.9 Å². The van der Waals surface area contributed by atoms with E-state index < -0.39 is 0 Å². The molecule has 0 spiro atoms. The van der Waals surface area contributed by atoms with Crippen LogP contribution in [0.1, 0.15) is 11.1 Å². The largest absolute Gasteiger partial charge is 0.300 e. The van der Waals surface area contributed by atoms with E-state index >= 15 is 0 Å². The molecular weight excluding hydrogens is 166 g/mol. The van der Waals surface area contributed by atoms with E-state index in [2.05, 4.69) is 11.4 Å². The summed E-state index contributed by atoms with van der Waals surface area (Å²) in [6.07, 6.45) is 0.718. The highest BCUT2D eigenvalue weighted by atomic mass is 16.6. The first-order valence-electron chi connectivity index (χ1n) is 3.83. The molecule has 3 heteroatoms.